The van der Waals surface area contributed by atoms with E-state index in [1.54, 1.807) is 0 Å². The van der Waals surface area contributed by atoms with Gasteiger partial charge in [0, 0.05) is 6.54 Å². The van der Waals surface area contributed by atoms with Crippen molar-refractivity contribution in [2.45, 2.75) is 142 Å². The summed E-state index contributed by atoms with van der Waals surface area (Å²) in [5, 5.41) is 15.8. The molecular formula is C27H56N4O5. The van der Waals surface area contributed by atoms with Crippen LogP contribution in [0.15, 0.2) is 4.99 Å². The van der Waals surface area contributed by atoms with E-state index in [4.69, 9.17) is 32.2 Å². The fourth-order valence-corrected chi connectivity index (χ4v) is 3.57. The monoisotopic (exact) mass is 516 g/mol. The smallest absolute Gasteiger partial charge is 0.332 e. The number of hydrogen-bond donors (Lipinski definition) is 5. The highest BCUT2D eigenvalue weighted by Gasteiger charge is 2.14. The summed E-state index contributed by atoms with van der Waals surface area (Å²) in [5.74, 6) is -1.44. The third-order valence-electron chi connectivity index (χ3n) is 5.87. The van der Waals surface area contributed by atoms with Crippen LogP contribution < -0.4 is 17.2 Å². The number of guanidine groups is 1. The number of carbonyl (C=O) groups is 2. The van der Waals surface area contributed by atoms with Gasteiger partial charge in [-0.2, -0.15) is 0 Å². The molecule has 0 amide bonds. The normalized spacial score (nSPS) is 12.2. The third-order valence-corrected chi connectivity index (χ3v) is 5.87. The molecular weight excluding hydrogens is 460 g/mol. The Morgan fingerprint density at radius 3 is 1.53 bits per heavy atom. The predicted octanol–water partition coefficient (Wildman–Crippen LogP) is 4.62. The number of hydrogen-bond acceptors (Lipinski definition) is 6. The molecule has 0 aromatic rings. The lowest BCUT2D eigenvalue weighted by Crippen LogP contribution is -2.32. The van der Waals surface area contributed by atoms with Gasteiger partial charge in [0.05, 0.1) is 6.61 Å². The van der Waals surface area contributed by atoms with Crippen molar-refractivity contribution in [2.75, 3.05) is 13.2 Å². The number of nitrogens with zero attached hydrogens (tertiary/aromatic N) is 1. The molecule has 9 heteroatoms. The van der Waals surface area contributed by atoms with Gasteiger partial charge in [-0.15, -0.1) is 0 Å². The van der Waals surface area contributed by atoms with Crippen molar-refractivity contribution < 1.29 is 24.5 Å². The van der Waals surface area contributed by atoms with Gasteiger partial charge in [-0.3, -0.25) is 9.79 Å². The molecule has 0 fully saturated rings. The highest BCUT2D eigenvalue weighted by Crippen LogP contribution is 2.13. The number of aliphatic hydroxyl groups excluding tert-OH is 1. The zero-order valence-electron chi connectivity index (χ0n) is 23.1. The number of aliphatic imine (C=N–C) groups is 1. The Bertz CT molecular complexity index is 540. The quantitative estimate of drug-likeness (QED) is 0.0565. The van der Waals surface area contributed by atoms with Crippen LogP contribution in [-0.2, 0) is 14.3 Å². The zero-order valence-corrected chi connectivity index (χ0v) is 23.1. The first-order valence-corrected chi connectivity index (χ1v) is 14.1. The molecule has 0 saturated heterocycles. The summed E-state index contributed by atoms with van der Waals surface area (Å²) in [4.78, 5) is 25.1. The maximum atomic E-state index is 11.8. The number of aliphatic carboxylic acids is 1. The summed E-state index contributed by atoms with van der Waals surface area (Å²) in [7, 11) is 0. The summed E-state index contributed by atoms with van der Waals surface area (Å²) in [5.41, 5.74) is 16.3. The molecule has 0 bridgehead atoms. The van der Waals surface area contributed by atoms with E-state index in [0.717, 1.165) is 12.8 Å². The van der Waals surface area contributed by atoms with Crippen LogP contribution in [0, 0.1) is 0 Å². The largest absolute Gasteiger partial charge is 0.479 e. The average Bonchev–Trinajstić information content (AvgIpc) is 2.83. The second-order valence-electron chi connectivity index (χ2n) is 9.54. The number of carboxylic acids is 1. The van der Waals surface area contributed by atoms with Gasteiger partial charge in [-0.1, -0.05) is 103 Å². The maximum absolute atomic E-state index is 11.8. The van der Waals surface area contributed by atoms with Crippen molar-refractivity contribution in [1.29, 1.82) is 0 Å². The van der Waals surface area contributed by atoms with Gasteiger partial charge < -0.3 is 32.2 Å². The molecule has 0 spiro atoms. The topological polar surface area (TPSA) is 174 Å². The highest BCUT2D eigenvalue weighted by atomic mass is 16.5. The fraction of sp³-hybridized carbons (Fsp3) is 0.889. The van der Waals surface area contributed by atoms with Gasteiger partial charge >= 0.3 is 11.9 Å². The van der Waals surface area contributed by atoms with Gasteiger partial charge in [-0.25, -0.2) is 4.79 Å². The first kappa shape index (κ1) is 36.3. The summed E-state index contributed by atoms with van der Waals surface area (Å²) in [6, 6.07) is -0.583. The molecule has 2 atom stereocenters. The summed E-state index contributed by atoms with van der Waals surface area (Å²) in [6.07, 6.45) is 21.3. The van der Waals surface area contributed by atoms with E-state index in [9.17, 15) is 9.59 Å². The lowest BCUT2D eigenvalue weighted by molar-refractivity contribution is -0.146. The molecule has 1 unspecified atom stereocenters. The first-order chi connectivity index (χ1) is 17.2. The molecule has 0 aromatic heterocycles. The molecule has 0 heterocycles. The van der Waals surface area contributed by atoms with Crippen LogP contribution in [0.4, 0.5) is 0 Å². The van der Waals surface area contributed by atoms with Crippen LogP contribution in [0.1, 0.15) is 129 Å². The molecule has 8 N–H and O–H groups in total. The zero-order chi connectivity index (χ0) is 27.4. The second kappa shape index (κ2) is 27.7. The van der Waals surface area contributed by atoms with Crippen molar-refractivity contribution >= 4 is 17.9 Å². The van der Waals surface area contributed by atoms with Crippen molar-refractivity contribution in [3.8, 4) is 0 Å². The van der Waals surface area contributed by atoms with Crippen LogP contribution >= 0.6 is 0 Å². The minimum absolute atomic E-state index is 0.0645. The maximum Gasteiger partial charge on any atom is 0.332 e. The van der Waals surface area contributed by atoms with E-state index in [-0.39, 0.29) is 11.9 Å². The number of rotatable bonds is 23. The number of carbonyl (C=O) groups excluding carboxylic acids is 1. The SMILES string of the molecule is CC(O)C(=O)O.CCCCCCCCCCCCCCCCCCOC(=O)[C@@H](N)CCCN=C(N)N. The molecule has 0 aliphatic heterocycles. The number of nitrogens with two attached hydrogens (primary N) is 3. The number of unbranched alkanes of at least 4 members (excludes halogenated alkanes) is 15. The molecule has 0 rings (SSSR count). The molecule has 0 aliphatic carbocycles. The molecule has 0 aromatic carbocycles. The Kier molecular flexibility index (Phi) is 27.9. The van der Waals surface area contributed by atoms with Gasteiger partial charge in [-0.05, 0) is 26.2 Å². The van der Waals surface area contributed by atoms with Crippen molar-refractivity contribution in [3.05, 3.63) is 0 Å². The Morgan fingerprint density at radius 2 is 1.17 bits per heavy atom. The molecule has 9 nitrogen and oxygen atoms in total. The predicted molar refractivity (Wildman–Crippen MR) is 148 cm³/mol. The molecule has 0 radical (unpaired) electrons. The summed E-state index contributed by atoms with van der Waals surface area (Å²) >= 11 is 0. The standard InChI is InChI=1S/C24H50N4O2.C3H6O3/c1-2-3-4-5-6-7-8-9-10-11-12-13-14-15-16-17-21-30-23(29)22(25)19-18-20-28-24(26)27;1-2(4)3(5)6/h22H,2-21,25H2,1H3,(H4,26,27,28);2,4H,1H3,(H,5,6)/t22-;/m0./s1. The summed E-state index contributed by atoms with van der Waals surface area (Å²) < 4.78 is 5.25. The third kappa shape index (κ3) is 30.2. The molecule has 36 heavy (non-hydrogen) atoms. The van der Waals surface area contributed by atoms with Crippen LogP contribution in [0.3, 0.4) is 0 Å². The number of aliphatic hydroxyl groups is 1. The number of ether oxygens (including phenoxy) is 1. The molecule has 214 valence electrons. The van der Waals surface area contributed by atoms with Crippen molar-refractivity contribution in [3.63, 3.8) is 0 Å². The van der Waals surface area contributed by atoms with E-state index in [1.165, 1.54) is 96.8 Å². The lowest BCUT2D eigenvalue weighted by atomic mass is 10.0. The number of carboxylic acid groups (broad SMARTS) is 1. The minimum Gasteiger partial charge on any atom is -0.479 e. The van der Waals surface area contributed by atoms with Crippen LogP contribution in [0.5, 0.6) is 0 Å². The van der Waals surface area contributed by atoms with Gasteiger partial charge in [0.1, 0.15) is 12.1 Å². The van der Waals surface area contributed by atoms with E-state index in [1.807, 2.05) is 0 Å². The Balaban J connectivity index is 0. The van der Waals surface area contributed by atoms with Gasteiger partial charge in [0.15, 0.2) is 5.96 Å². The second-order valence-corrected chi connectivity index (χ2v) is 9.54. The van der Waals surface area contributed by atoms with E-state index in [0.29, 0.717) is 26.0 Å². The van der Waals surface area contributed by atoms with Crippen LogP contribution in [0.2, 0.25) is 0 Å². The van der Waals surface area contributed by atoms with E-state index < -0.39 is 18.1 Å². The first-order valence-electron chi connectivity index (χ1n) is 14.1. The van der Waals surface area contributed by atoms with Gasteiger partial charge in [0.2, 0.25) is 0 Å². The van der Waals surface area contributed by atoms with Crippen molar-refractivity contribution in [2.24, 2.45) is 22.2 Å². The number of esters is 1. The van der Waals surface area contributed by atoms with Crippen LogP contribution in [0.25, 0.3) is 0 Å². The Hall–Kier alpha value is -1.87. The highest BCUT2D eigenvalue weighted by molar-refractivity contribution is 5.76. The Labute approximate surface area is 219 Å². The van der Waals surface area contributed by atoms with Crippen LogP contribution in [-0.4, -0.2) is 53.4 Å². The van der Waals surface area contributed by atoms with Crippen molar-refractivity contribution in [1.82, 2.24) is 0 Å². The van der Waals surface area contributed by atoms with E-state index in [2.05, 4.69) is 11.9 Å². The Morgan fingerprint density at radius 1 is 0.778 bits per heavy atom. The average molecular weight is 517 g/mol. The molecule has 0 aliphatic rings. The molecule has 0 saturated carbocycles. The lowest BCUT2D eigenvalue weighted by Gasteiger charge is -2.11. The minimum atomic E-state index is -1.23. The van der Waals surface area contributed by atoms with Gasteiger partial charge in [0.25, 0.3) is 0 Å². The fourth-order valence-electron chi connectivity index (χ4n) is 3.57. The summed E-state index contributed by atoms with van der Waals surface area (Å²) in [6.45, 7) is 4.43. The van der Waals surface area contributed by atoms with E-state index >= 15 is 0 Å².